The molecule has 0 rings (SSSR count). The van der Waals surface area contributed by atoms with Crippen LogP contribution in [0.3, 0.4) is 0 Å². The topological polar surface area (TPSA) is 58.2 Å². The van der Waals surface area contributed by atoms with E-state index in [1.807, 2.05) is 13.8 Å². The Labute approximate surface area is 79.1 Å². The number of amides is 1. The molecule has 0 aliphatic rings. The van der Waals surface area contributed by atoms with Gasteiger partial charge in [0.15, 0.2) is 0 Å². The Kier molecular flexibility index (Phi) is 6.14. The molecular weight excluding hydrogens is 168 g/mol. The third-order valence-electron chi connectivity index (χ3n) is 1.76. The lowest BCUT2D eigenvalue weighted by atomic mass is 10.2. The molecular formula is C9H18N2O2. The van der Waals surface area contributed by atoms with Gasteiger partial charge >= 0.3 is 0 Å². The SMILES string of the molecule is CCC(C)NCC(=O)NCC(C)=O. The molecule has 0 spiro atoms. The minimum Gasteiger partial charge on any atom is -0.348 e. The minimum absolute atomic E-state index is 0.0307. The second kappa shape index (κ2) is 6.60. The van der Waals surface area contributed by atoms with Crippen LogP contribution in [0.4, 0.5) is 0 Å². The number of hydrogen-bond acceptors (Lipinski definition) is 3. The number of hydrogen-bond donors (Lipinski definition) is 2. The molecule has 4 heteroatoms. The molecule has 0 aromatic carbocycles. The molecule has 0 radical (unpaired) electrons. The van der Waals surface area contributed by atoms with Crippen molar-refractivity contribution in [2.75, 3.05) is 13.1 Å². The van der Waals surface area contributed by atoms with Crippen LogP contribution in [0, 0.1) is 0 Å². The zero-order valence-electron chi connectivity index (χ0n) is 8.52. The van der Waals surface area contributed by atoms with E-state index >= 15 is 0 Å². The van der Waals surface area contributed by atoms with E-state index < -0.39 is 0 Å². The highest BCUT2D eigenvalue weighted by atomic mass is 16.2. The van der Waals surface area contributed by atoms with E-state index in [2.05, 4.69) is 10.6 Å². The van der Waals surface area contributed by atoms with E-state index in [0.717, 1.165) is 6.42 Å². The fourth-order valence-corrected chi connectivity index (χ4v) is 0.697. The lowest BCUT2D eigenvalue weighted by Gasteiger charge is -2.10. The van der Waals surface area contributed by atoms with Gasteiger partial charge in [-0.15, -0.1) is 0 Å². The number of Topliss-reactive ketones (excluding diaryl/α,β-unsaturated/α-hetero) is 1. The molecule has 0 aliphatic carbocycles. The van der Waals surface area contributed by atoms with Gasteiger partial charge in [0.2, 0.25) is 5.91 Å². The van der Waals surface area contributed by atoms with Gasteiger partial charge in [0, 0.05) is 6.04 Å². The first-order valence-corrected chi connectivity index (χ1v) is 4.55. The zero-order chi connectivity index (χ0) is 10.3. The van der Waals surface area contributed by atoms with E-state index in [9.17, 15) is 9.59 Å². The van der Waals surface area contributed by atoms with E-state index in [4.69, 9.17) is 0 Å². The minimum atomic E-state index is -0.129. The van der Waals surface area contributed by atoms with Crippen molar-refractivity contribution >= 4 is 11.7 Å². The highest BCUT2D eigenvalue weighted by Crippen LogP contribution is 1.85. The van der Waals surface area contributed by atoms with Gasteiger partial charge in [0.1, 0.15) is 5.78 Å². The van der Waals surface area contributed by atoms with Gasteiger partial charge in [0.25, 0.3) is 0 Å². The molecule has 0 saturated heterocycles. The summed E-state index contributed by atoms with van der Waals surface area (Å²) in [5.74, 6) is -0.160. The van der Waals surface area contributed by atoms with Gasteiger partial charge in [0.05, 0.1) is 13.1 Å². The van der Waals surface area contributed by atoms with Crippen molar-refractivity contribution in [2.45, 2.75) is 33.2 Å². The summed E-state index contributed by atoms with van der Waals surface area (Å²) in [6, 6.07) is 0.336. The van der Waals surface area contributed by atoms with Crippen molar-refractivity contribution in [2.24, 2.45) is 0 Å². The molecule has 1 atom stereocenters. The molecule has 0 aromatic heterocycles. The summed E-state index contributed by atoms with van der Waals surface area (Å²) >= 11 is 0. The maximum atomic E-state index is 11.0. The van der Waals surface area contributed by atoms with Crippen LogP contribution in [0.5, 0.6) is 0 Å². The summed E-state index contributed by atoms with van der Waals surface area (Å²) in [4.78, 5) is 21.5. The third kappa shape index (κ3) is 7.46. The number of ketones is 1. The molecule has 76 valence electrons. The predicted octanol–water partition coefficient (Wildman–Crippen LogP) is 0.0797. The second-order valence-electron chi connectivity index (χ2n) is 3.17. The maximum absolute atomic E-state index is 11.0. The average Bonchev–Trinajstić information content (AvgIpc) is 2.10. The van der Waals surface area contributed by atoms with Gasteiger partial charge in [-0.1, -0.05) is 6.92 Å². The monoisotopic (exact) mass is 186 g/mol. The number of nitrogens with one attached hydrogen (secondary N) is 2. The molecule has 1 amide bonds. The van der Waals surface area contributed by atoms with E-state index in [1.165, 1.54) is 6.92 Å². The first kappa shape index (κ1) is 12.1. The highest BCUT2D eigenvalue weighted by Gasteiger charge is 2.03. The van der Waals surface area contributed by atoms with Crippen LogP contribution in [-0.2, 0) is 9.59 Å². The summed E-state index contributed by atoms with van der Waals surface area (Å²) in [5.41, 5.74) is 0. The summed E-state index contributed by atoms with van der Waals surface area (Å²) in [6.45, 7) is 5.91. The fraction of sp³-hybridized carbons (Fsp3) is 0.778. The largest absolute Gasteiger partial charge is 0.348 e. The van der Waals surface area contributed by atoms with Crippen LogP contribution in [-0.4, -0.2) is 30.8 Å². The summed E-state index contributed by atoms with van der Waals surface area (Å²) in [7, 11) is 0. The van der Waals surface area contributed by atoms with Gasteiger partial charge < -0.3 is 10.6 Å². The van der Waals surface area contributed by atoms with Crippen molar-refractivity contribution in [3.63, 3.8) is 0 Å². The quantitative estimate of drug-likeness (QED) is 0.617. The molecule has 0 aromatic rings. The molecule has 0 fully saturated rings. The first-order valence-electron chi connectivity index (χ1n) is 4.55. The van der Waals surface area contributed by atoms with Crippen molar-refractivity contribution < 1.29 is 9.59 Å². The number of rotatable bonds is 6. The van der Waals surface area contributed by atoms with Crippen LogP contribution in [0.2, 0.25) is 0 Å². The Hall–Kier alpha value is -0.900. The van der Waals surface area contributed by atoms with Crippen molar-refractivity contribution in [3.05, 3.63) is 0 Å². The molecule has 0 bridgehead atoms. The van der Waals surface area contributed by atoms with Gasteiger partial charge in [-0.3, -0.25) is 9.59 Å². The second-order valence-corrected chi connectivity index (χ2v) is 3.17. The molecule has 0 heterocycles. The van der Waals surface area contributed by atoms with E-state index in [-0.39, 0.29) is 24.8 Å². The van der Waals surface area contributed by atoms with Crippen molar-refractivity contribution in [1.82, 2.24) is 10.6 Å². The fourth-order valence-electron chi connectivity index (χ4n) is 0.697. The Morgan fingerprint density at radius 3 is 2.38 bits per heavy atom. The molecule has 13 heavy (non-hydrogen) atoms. The van der Waals surface area contributed by atoms with Crippen LogP contribution in [0.25, 0.3) is 0 Å². The van der Waals surface area contributed by atoms with Crippen LogP contribution >= 0.6 is 0 Å². The Morgan fingerprint density at radius 1 is 1.31 bits per heavy atom. The summed E-state index contributed by atoms with van der Waals surface area (Å²) in [5, 5.41) is 5.54. The Balaban J connectivity index is 3.46. The lowest BCUT2D eigenvalue weighted by Crippen LogP contribution is -2.39. The number of carbonyl (C=O) groups excluding carboxylic acids is 2. The molecule has 0 aliphatic heterocycles. The molecule has 0 saturated carbocycles. The standard InChI is InChI=1S/C9H18N2O2/c1-4-7(2)10-6-9(13)11-5-8(3)12/h7,10H,4-6H2,1-3H3,(H,11,13). The van der Waals surface area contributed by atoms with Crippen molar-refractivity contribution in [3.8, 4) is 0 Å². The smallest absolute Gasteiger partial charge is 0.234 e. The van der Waals surface area contributed by atoms with Crippen molar-refractivity contribution in [1.29, 1.82) is 0 Å². The summed E-state index contributed by atoms with van der Waals surface area (Å²) < 4.78 is 0. The maximum Gasteiger partial charge on any atom is 0.234 e. The Bertz CT molecular complexity index is 180. The van der Waals surface area contributed by atoms with Gasteiger partial charge in [-0.25, -0.2) is 0 Å². The van der Waals surface area contributed by atoms with Crippen LogP contribution < -0.4 is 10.6 Å². The lowest BCUT2D eigenvalue weighted by molar-refractivity contribution is -0.123. The Morgan fingerprint density at radius 2 is 1.92 bits per heavy atom. The molecule has 2 N–H and O–H groups in total. The van der Waals surface area contributed by atoms with Crippen LogP contribution in [0.15, 0.2) is 0 Å². The average molecular weight is 186 g/mol. The van der Waals surface area contributed by atoms with E-state index in [1.54, 1.807) is 0 Å². The normalized spacial score (nSPS) is 12.2. The van der Waals surface area contributed by atoms with Crippen LogP contribution in [0.1, 0.15) is 27.2 Å². The summed E-state index contributed by atoms with van der Waals surface area (Å²) in [6.07, 6.45) is 0.986. The third-order valence-corrected chi connectivity index (χ3v) is 1.76. The number of carbonyl (C=O) groups is 2. The molecule has 4 nitrogen and oxygen atoms in total. The van der Waals surface area contributed by atoms with Gasteiger partial charge in [-0.2, -0.15) is 0 Å². The first-order chi connectivity index (χ1) is 6.06. The van der Waals surface area contributed by atoms with Gasteiger partial charge in [-0.05, 0) is 20.3 Å². The predicted molar refractivity (Wildman–Crippen MR) is 51.4 cm³/mol. The highest BCUT2D eigenvalue weighted by molar-refractivity contribution is 5.85. The van der Waals surface area contributed by atoms with E-state index in [0.29, 0.717) is 6.04 Å². The zero-order valence-corrected chi connectivity index (χ0v) is 8.52. The molecule has 1 unspecified atom stereocenters.